The summed E-state index contributed by atoms with van der Waals surface area (Å²) in [7, 11) is 0. The molecular formula is C22H22BrN3O3. The van der Waals surface area contributed by atoms with Crippen LogP contribution in [0.3, 0.4) is 0 Å². The highest BCUT2D eigenvalue weighted by atomic mass is 79.9. The van der Waals surface area contributed by atoms with Crippen LogP contribution < -0.4 is 5.32 Å². The van der Waals surface area contributed by atoms with Gasteiger partial charge in [-0.05, 0) is 61.2 Å². The molecule has 0 spiro atoms. The molecular weight excluding hydrogens is 434 g/mol. The molecule has 1 unspecified atom stereocenters. The van der Waals surface area contributed by atoms with E-state index in [4.69, 9.17) is 0 Å². The Kier molecular flexibility index (Phi) is 5.41. The summed E-state index contributed by atoms with van der Waals surface area (Å²) >= 11 is 3.45. The van der Waals surface area contributed by atoms with Gasteiger partial charge in [-0.15, -0.1) is 0 Å². The first-order chi connectivity index (χ1) is 13.9. The number of carbonyl (C=O) groups is 3. The first-order valence-electron chi connectivity index (χ1n) is 9.67. The molecule has 1 atom stereocenters. The lowest BCUT2D eigenvalue weighted by Crippen LogP contribution is -2.56. The topological polar surface area (TPSA) is 69.7 Å². The van der Waals surface area contributed by atoms with Gasteiger partial charge in [0, 0.05) is 28.8 Å². The predicted molar refractivity (Wildman–Crippen MR) is 113 cm³/mol. The fourth-order valence-electron chi connectivity index (χ4n) is 3.91. The van der Waals surface area contributed by atoms with Crippen molar-refractivity contribution in [2.45, 2.75) is 32.4 Å². The van der Waals surface area contributed by atoms with Crippen molar-refractivity contribution in [1.82, 2.24) is 9.80 Å². The number of nitrogens with one attached hydrogen (secondary N) is 1. The van der Waals surface area contributed by atoms with Crippen LogP contribution in [0.1, 0.15) is 34.3 Å². The maximum Gasteiger partial charge on any atom is 0.255 e. The largest absolute Gasteiger partial charge is 0.329 e. The molecule has 2 aromatic rings. The number of hydrogen-bond donors (Lipinski definition) is 1. The highest BCUT2D eigenvalue weighted by Crippen LogP contribution is 2.25. The summed E-state index contributed by atoms with van der Waals surface area (Å²) in [6.45, 7) is 3.15. The summed E-state index contributed by atoms with van der Waals surface area (Å²) < 4.78 is 0.992. The summed E-state index contributed by atoms with van der Waals surface area (Å²) in [6, 6.07) is 12.5. The number of anilines is 1. The molecule has 0 radical (unpaired) electrons. The monoisotopic (exact) mass is 455 g/mol. The van der Waals surface area contributed by atoms with E-state index in [0.29, 0.717) is 18.7 Å². The fraction of sp³-hybridized carbons (Fsp3) is 0.318. The van der Waals surface area contributed by atoms with Crippen molar-refractivity contribution in [1.29, 1.82) is 0 Å². The Hall–Kier alpha value is -2.67. The van der Waals surface area contributed by atoms with Gasteiger partial charge in [-0.25, -0.2) is 0 Å². The third-order valence-corrected chi connectivity index (χ3v) is 6.39. The molecule has 2 aromatic carbocycles. The van der Waals surface area contributed by atoms with Gasteiger partial charge in [0.1, 0.15) is 12.6 Å². The molecule has 3 amide bonds. The lowest BCUT2D eigenvalue weighted by Gasteiger charge is -2.36. The highest BCUT2D eigenvalue weighted by molar-refractivity contribution is 9.10. The standard InChI is InChI=1S/C22H22BrN3O3/c1-14-11-17(8-9-18(14)23)24-21(28)16-6-4-15(5-7-16)12-25-13-20(27)26-10-2-3-19(26)22(25)29/h4-9,11,19H,2-3,10,12-13H2,1H3,(H,24,28). The quantitative estimate of drug-likeness (QED) is 0.768. The molecule has 6 nitrogen and oxygen atoms in total. The van der Waals surface area contributed by atoms with Crippen LogP contribution in [-0.4, -0.2) is 46.7 Å². The second-order valence-electron chi connectivity index (χ2n) is 7.55. The Morgan fingerprint density at radius 3 is 2.66 bits per heavy atom. The van der Waals surface area contributed by atoms with E-state index < -0.39 is 0 Å². The number of amides is 3. The van der Waals surface area contributed by atoms with E-state index in [0.717, 1.165) is 34.1 Å². The number of fused-ring (bicyclic) bond motifs is 1. The Morgan fingerprint density at radius 1 is 1.17 bits per heavy atom. The Labute approximate surface area is 178 Å². The number of carbonyl (C=O) groups excluding carboxylic acids is 3. The smallest absolute Gasteiger partial charge is 0.255 e. The van der Waals surface area contributed by atoms with Gasteiger partial charge in [0.15, 0.2) is 0 Å². The third kappa shape index (κ3) is 4.05. The van der Waals surface area contributed by atoms with Crippen molar-refractivity contribution in [3.63, 3.8) is 0 Å². The predicted octanol–water partition coefficient (Wildman–Crippen LogP) is 3.34. The number of hydrogen-bond acceptors (Lipinski definition) is 3. The molecule has 2 fully saturated rings. The van der Waals surface area contributed by atoms with Crippen molar-refractivity contribution < 1.29 is 14.4 Å². The summed E-state index contributed by atoms with van der Waals surface area (Å²) in [5, 5.41) is 2.89. The number of halogens is 1. The molecule has 2 aliphatic rings. The normalized spacial score (nSPS) is 18.8. The maximum atomic E-state index is 12.7. The molecule has 2 heterocycles. The van der Waals surface area contributed by atoms with Crippen LogP contribution >= 0.6 is 15.9 Å². The van der Waals surface area contributed by atoms with Gasteiger partial charge in [0.2, 0.25) is 11.8 Å². The minimum atomic E-state index is -0.296. The number of piperazine rings is 1. The molecule has 29 heavy (non-hydrogen) atoms. The molecule has 4 rings (SSSR count). The van der Waals surface area contributed by atoms with Crippen molar-refractivity contribution in [2.24, 2.45) is 0 Å². The zero-order valence-electron chi connectivity index (χ0n) is 16.2. The minimum Gasteiger partial charge on any atom is -0.329 e. The Balaban J connectivity index is 1.41. The molecule has 150 valence electrons. The molecule has 1 N–H and O–H groups in total. The average Bonchev–Trinajstić information content (AvgIpc) is 3.20. The van der Waals surface area contributed by atoms with Gasteiger partial charge in [-0.2, -0.15) is 0 Å². The van der Waals surface area contributed by atoms with Crippen LogP contribution in [0.25, 0.3) is 0 Å². The zero-order valence-corrected chi connectivity index (χ0v) is 17.7. The molecule has 2 aliphatic heterocycles. The van der Waals surface area contributed by atoms with Crippen molar-refractivity contribution in [3.8, 4) is 0 Å². The van der Waals surface area contributed by atoms with E-state index >= 15 is 0 Å². The lowest BCUT2D eigenvalue weighted by atomic mass is 10.1. The van der Waals surface area contributed by atoms with Crippen LogP contribution in [0.2, 0.25) is 0 Å². The van der Waals surface area contributed by atoms with E-state index in [1.54, 1.807) is 21.9 Å². The van der Waals surface area contributed by atoms with Crippen molar-refractivity contribution >= 4 is 39.3 Å². The number of benzene rings is 2. The second-order valence-corrected chi connectivity index (χ2v) is 8.41. The molecule has 0 aromatic heterocycles. The summed E-state index contributed by atoms with van der Waals surface area (Å²) in [5.74, 6) is -0.147. The van der Waals surface area contributed by atoms with Gasteiger partial charge in [0.05, 0.1) is 0 Å². The van der Waals surface area contributed by atoms with Gasteiger partial charge in [-0.3, -0.25) is 14.4 Å². The summed E-state index contributed by atoms with van der Waals surface area (Å²) in [5.41, 5.74) is 3.21. The van der Waals surface area contributed by atoms with Crippen LogP contribution in [0.4, 0.5) is 5.69 Å². The average molecular weight is 456 g/mol. The SMILES string of the molecule is Cc1cc(NC(=O)c2ccc(CN3CC(=O)N4CCCC4C3=O)cc2)ccc1Br. The van der Waals surface area contributed by atoms with Crippen LogP contribution in [0, 0.1) is 6.92 Å². The van der Waals surface area contributed by atoms with Gasteiger partial charge >= 0.3 is 0 Å². The molecule has 7 heteroatoms. The number of nitrogens with zero attached hydrogens (tertiary/aromatic N) is 2. The lowest BCUT2D eigenvalue weighted by molar-refractivity contribution is -0.154. The minimum absolute atomic E-state index is 0.0212. The van der Waals surface area contributed by atoms with Crippen LogP contribution in [-0.2, 0) is 16.1 Å². The van der Waals surface area contributed by atoms with E-state index in [1.807, 2.05) is 37.3 Å². The molecule has 2 saturated heterocycles. The van der Waals surface area contributed by atoms with Gasteiger partial charge < -0.3 is 15.1 Å². The van der Waals surface area contributed by atoms with E-state index in [2.05, 4.69) is 21.2 Å². The maximum absolute atomic E-state index is 12.7. The summed E-state index contributed by atoms with van der Waals surface area (Å²) in [6.07, 6.45) is 1.63. The second kappa shape index (κ2) is 7.99. The first kappa shape index (κ1) is 19.6. The fourth-order valence-corrected chi connectivity index (χ4v) is 4.15. The zero-order chi connectivity index (χ0) is 20.5. The molecule has 0 saturated carbocycles. The van der Waals surface area contributed by atoms with E-state index in [9.17, 15) is 14.4 Å². The third-order valence-electron chi connectivity index (χ3n) is 5.50. The van der Waals surface area contributed by atoms with Gasteiger partial charge in [-0.1, -0.05) is 28.1 Å². The highest BCUT2D eigenvalue weighted by Gasteiger charge is 2.41. The van der Waals surface area contributed by atoms with Crippen LogP contribution in [0.15, 0.2) is 46.9 Å². The van der Waals surface area contributed by atoms with Crippen molar-refractivity contribution in [3.05, 3.63) is 63.6 Å². The first-order valence-corrected chi connectivity index (χ1v) is 10.5. The summed E-state index contributed by atoms with van der Waals surface area (Å²) in [4.78, 5) is 40.7. The van der Waals surface area contributed by atoms with Crippen molar-refractivity contribution in [2.75, 3.05) is 18.4 Å². The van der Waals surface area contributed by atoms with Crippen LogP contribution in [0.5, 0.6) is 0 Å². The van der Waals surface area contributed by atoms with E-state index in [-0.39, 0.29) is 30.3 Å². The number of aryl methyl sites for hydroxylation is 1. The molecule has 0 aliphatic carbocycles. The van der Waals surface area contributed by atoms with E-state index in [1.165, 1.54) is 0 Å². The van der Waals surface area contributed by atoms with Gasteiger partial charge in [0.25, 0.3) is 5.91 Å². The Bertz CT molecular complexity index is 974. The molecule has 0 bridgehead atoms. The Morgan fingerprint density at radius 2 is 1.93 bits per heavy atom. The number of rotatable bonds is 4.